The van der Waals surface area contributed by atoms with Crippen molar-refractivity contribution in [1.82, 2.24) is 0 Å². The molecular weight excluding hydrogens is 214 g/mol. The van der Waals surface area contributed by atoms with Gasteiger partial charge in [-0.1, -0.05) is 0 Å². The summed E-state index contributed by atoms with van der Waals surface area (Å²) in [7, 11) is 1.66. The van der Waals surface area contributed by atoms with Gasteiger partial charge in [-0.05, 0) is 32.0 Å². The van der Waals surface area contributed by atoms with Gasteiger partial charge in [0, 0.05) is 18.8 Å². The van der Waals surface area contributed by atoms with Gasteiger partial charge in [0.25, 0.3) is 0 Å². The fourth-order valence-electron chi connectivity index (χ4n) is 1.41. The Labute approximate surface area is 101 Å². The fraction of sp³-hybridized carbons (Fsp3) is 0.385. The molecule has 1 N–H and O–H groups in total. The normalized spacial score (nSPS) is 13.2. The second-order valence-corrected chi connectivity index (χ2v) is 3.86. The number of benzene rings is 1. The van der Waals surface area contributed by atoms with E-state index in [0.29, 0.717) is 11.1 Å². The molecule has 0 aliphatic heterocycles. The van der Waals surface area contributed by atoms with Gasteiger partial charge in [0.2, 0.25) is 0 Å². The zero-order valence-electron chi connectivity index (χ0n) is 10.2. The molecule has 0 aliphatic carbocycles. The molecule has 0 radical (unpaired) electrons. The molecule has 88 valence electrons. The van der Waals surface area contributed by atoms with Crippen LogP contribution < -0.4 is 5.32 Å². The lowest BCUT2D eigenvalue weighted by Gasteiger charge is -2.21. The maximum Gasteiger partial charge on any atom is 0.101 e. The predicted molar refractivity (Wildman–Crippen MR) is 65.4 cm³/mol. The number of anilines is 1. The van der Waals surface area contributed by atoms with Crippen LogP contribution >= 0.6 is 0 Å². The molecule has 0 bridgehead atoms. The van der Waals surface area contributed by atoms with Crippen molar-refractivity contribution in [3.63, 3.8) is 0 Å². The van der Waals surface area contributed by atoms with Crippen molar-refractivity contribution < 1.29 is 4.74 Å². The van der Waals surface area contributed by atoms with Crippen LogP contribution in [0, 0.1) is 22.7 Å². The first-order valence-electron chi connectivity index (χ1n) is 5.36. The minimum absolute atomic E-state index is 0.0659. The highest BCUT2D eigenvalue weighted by molar-refractivity contribution is 5.56. The third-order valence-corrected chi connectivity index (χ3v) is 2.73. The van der Waals surface area contributed by atoms with Crippen molar-refractivity contribution in [2.45, 2.75) is 26.0 Å². The molecule has 0 spiro atoms. The minimum Gasteiger partial charge on any atom is -0.380 e. The number of nitriles is 2. The number of rotatable bonds is 4. The topological polar surface area (TPSA) is 68.8 Å². The summed E-state index contributed by atoms with van der Waals surface area (Å²) >= 11 is 0. The molecule has 1 rings (SSSR count). The third kappa shape index (κ3) is 3.21. The van der Waals surface area contributed by atoms with Crippen molar-refractivity contribution >= 4 is 5.69 Å². The molecule has 0 amide bonds. The van der Waals surface area contributed by atoms with Gasteiger partial charge in [-0.15, -0.1) is 0 Å². The lowest BCUT2D eigenvalue weighted by molar-refractivity contribution is 0.106. The largest absolute Gasteiger partial charge is 0.380 e. The van der Waals surface area contributed by atoms with E-state index in [4.69, 9.17) is 15.3 Å². The second-order valence-electron chi connectivity index (χ2n) is 3.86. The summed E-state index contributed by atoms with van der Waals surface area (Å²) in [6.07, 6.45) is 0.0659. The standard InChI is InChI=1S/C13H15N3O/c1-9(10(2)17-3)16-13-5-4-11(7-14)12(6-13)8-15/h4-6,9-10,16H,1-3H3. The van der Waals surface area contributed by atoms with Gasteiger partial charge < -0.3 is 10.1 Å². The van der Waals surface area contributed by atoms with Gasteiger partial charge in [-0.25, -0.2) is 0 Å². The number of nitrogens with one attached hydrogen (secondary N) is 1. The quantitative estimate of drug-likeness (QED) is 0.859. The molecule has 0 aliphatic rings. The molecule has 1 aromatic rings. The summed E-state index contributed by atoms with van der Waals surface area (Å²) < 4.78 is 5.21. The first kappa shape index (κ1) is 13.0. The zero-order chi connectivity index (χ0) is 12.8. The van der Waals surface area contributed by atoms with Crippen LogP contribution in [-0.4, -0.2) is 19.3 Å². The van der Waals surface area contributed by atoms with E-state index in [9.17, 15) is 0 Å². The van der Waals surface area contributed by atoms with E-state index in [2.05, 4.69) is 5.32 Å². The Kier molecular flexibility index (Phi) is 4.51. The first-order chi connectivity index (χ1) is 8.12. The second kappa shape index (κ2) is 5.89. The van der Waals surface area contributed by atoms with Gasteiger partial charge in [0.15, 0.2) is 0 Å². The van der Waals surface area contributed by atoms with E-state index in [1.807, 2.05) is 26.0 Å². The Hall–Kier alpha value is -2.04. The predicted octanol–water partition coefficient (Wildman–Crippen LogP) is 2.27. The van der Waals surface area contributed by atoms with Gasteiger partial charge >= 0.3 is 0 Å². The van der Waals surface area contributed by atoms with Crippen molar-refractivity contribution in [1.29, 1.82) is 10.5 Å². The highest BCUT2D eigenvalue weighted by atomic mass is 16.5. The van der Waals surface area contributed by atoms with E-state index in [1.54, 1.807) is 25.3 Å². The van der Waals surface area contributed by atoms with Crippen molar-refractivity contribution in [3.8, 4) is 12.1 Å². The van der Waals surface area contributed by atoms with Crippen LogP contribution in [0.2, 0.25) is 0 Å². The first-order valence-corrected chi connectivity index (χ1v) is 5.36. The molecule has 17 heavy (non-hydrogen) atoms. The highest BCUT2D eigenvalue weighted by Gasteiger charge is 2.11. The van der Waals surface area contributed by atoms with E-state index in [-0.39, 0.29) is 12.1 Å². The Morgan fingerprint density at radius 2 is 1.82 bits per heavy atom. The summed E-state index contributed by atoms with van der Waals surface area (Å²) in [5.74, 6) is 0. The Morgan fingerprint density at radius 1 is 1.18 bits per heavy atom. The molecule has 0 saturated carbocycles. The molecule has 4 nitrogen and oxygen atoms in total. The molecule has 0 fully saturated rings. The van der Waals surface area contributed by atoms with Crippen LogP contribution in [0.3, 0.4) is 0 Å². The molecule has 0 aromatic heterocycles. The lowest BCUT2D eigenvalue weighted by atomic mass is 10.1. The molecule has 1 aromatic carbocycles. The van der Waals surface area contributed by atoms with Crippen molar-refractivity contribution in [2.24, 2.45) is 0 Å². The minimum atomic E-state index is 0.0659. The average molecular weight is 229 g/mol. The molecule has 2 unspecified atom stereocenters. The number of nitrogens with zero attached hydrogens (tertiary/aromatic N) is 2. The summed E-state index contributed by atoms with van der Waals surface area (Å²) in [4.78, 5) is 0. The summed E-state index contributed by atoms with van der Waals surface area (Å²) in [6, 6.07) is 9.23. The van der Waals surface area contributed by atoms with Crippen molar-refractivity contribution in [3.05, 3.63) is 29.3 Å². The Balaban J connectivity index is 2.88. The Bertz CT molecular complexity index is 471. The number of hydrogen-bond acceptors (Lipinski definition) is 4. The smallest absolute Gasteiger partial charge is 0.101 e. The summed E-state index contributed by atoms with van der Waals surface area (Å²) in [5, 5.41) is 21.0. The van der Waals surface area contributed by atoms with Crippen LogP contribution in [-0.2, 0) is 4.74 Å². The average Bonchev–Trinajstić information content (AvgIpc) is 2.37. The highest BCUT2D eigenvalue weighted by Crippen LogP contribution is 2.16. The summed E-state index contributed by atoms with van der Waals surface area (Å²) in [6.45, 7) is 3.96. The van der Waals surface area contributed by atoms with Crippen LogP contribution in [0.15, 0.2) is 18.2 Å². The number of methoxy groups -OCH3 is 1. The lowest BCUT2D eigenvalue weighted by Crippen LogP contribution is -2.29. The van der Waals surface area contributed by atoms with Crippen molar-refractivity contribution in [2.75, 3.05) is 12.4 Å². The monoisotopic (exact) mass is 229 g/mol. The van der Waals surface area contributed by atoms with Crippen LogP contribution in [0.25, 0.3) is 0 Å². The van der Waals surface area contributed by atoms with Gasteiger partial charge in [-0.3, -0.25) is 0 Å². The fourth-order valence-corrected chi connectivity index (χ4v) is 1.41. The van der Waals surface area contributed by atoms with E-state index < -0.39 is 0 Å². The van der Waals surface area contributed by atoms with E-state index in [0.717, 1.165) is 5.69 Å². The van der Waals surface area contributed by atoms with Crippen LogP contribution in [0.1, 0.15) is 25.0 Å². The van der Waals surface area contributed by atoms with Gasteiger partial charge in [0.1, 0.15) is 12.1 Å². The third-order valence-electron chi connectivity index (χ3n) is 2.73. The van der Waals surface area contributed by atoms with Crippen LogP contribution in [0.4, 0.5) is 5.69 Å². The number of ether oxygens (including phenoxy) is 1. The number of hydrogen-bond donors (Lipinski definition) is 1. The maximum atomic E-state index is 8.91. The molecule has 2 atom stereocenters. The SMILES string of the molecule is COC(C)C(C)Nc1ccc(C#N)c(C#N)c1. The summed E-state index contributed by atoms with van der Waals surface area (Å²) in [5.41, 5.74) is 1.59. The molecule has 0 saturated heterocycles. The molecular formula is C13H15N3O. The Morgan fingerprint density at radius 3 is 2.35 bits per heavy atom. The van der Waals surface area contributed by atoms with Gasteiger partial charge in [0.05, 0.1) is 17.2 Å². The van der Waals surface area contributed by atoms with Gasteiger partial charge in [-0.2, -0.15) is 10.5 Å². The van der Waals surface area contributed by atoms with E-state index in [1.165, 1.54) is 0 Å². The molecule has 0 heterocycles. The molecule has 4 heteroatoms. The van der Waals surface area contributed by atoms with E-state index >= 15 is 0 Å². The zero-order valence-corrected chi connectivity index (χ0v) is 10.2. The maximum absolute atomic E-state index is 8.91. The van der Waals surface area contributed by atoms with Crippen LogP contribution in [0.5, 0.6) is 0 Å².